The maximum Gasteiger partial charge on any atom is 0.119 e. The Hall–Kier alpha value is -1.54. The molecule has 0 bridgehead atoms. The van der Waals surface area contributed by atoms with Crippen LogP contribution in [0.4, 0.5) is 0 Å². The van der Waals surface area contributed by atoms with E-state index in [1.165, 1.54) is 56.9 Å². The lowest BCUT2D eigenvalue weighted by atomic mass is 10.0. The van der Waals surface area contributed by atoms with Gasteiger partial charge in [-0.15, -0.1) is 0 Å². The number of aryl methyl sites for hydroxylation is 1. The second-order valence-corrected chi connectivity index (χ2v) is 6.49. The minimum absolute atomic E-state index is 0.0645. The Morgan fingerprint density at radius 3 is 2.48 bits per heavy atom. The van der Waals surface area contributed by atoms with Gasteiger partial charge in [-0.25, -0.2) is 0 Å². The summed E-state index contributed by atoms with van der Waals surface area (Å²) in [6.45, 7) is 2.65. The Morgan fingerprint density at radius 1 is 0.920 bits per heavy atom. The zero-order valence-electron chi connectivity index (χ0n) is 16.0. The molecular weight excluding hydrogens is 308 g/mol. The smallest absolute Gasteiger partial charge is 0.119 e. The number of aliphatic hydroxyl groups excluding tert-OH is 1. The van der Waals surface area contributed by atoms with Gasteiger partial charge < -0.3 is 9.84 Å². The van der Waals surface area contributed by atoms with Gasteiger partial charge in [0, 0.05) is 0 Å². The summed E-state index contributed by atoms with van der Waals surface area (Å²) in [5.74, 6) is 0.864. The van der Waals surface area contributed by atoms with Crippen molar-refractivity contribution in [2.24, 2.45) is 0 Å². The van der Waals surface area contributed by atoms with E-state index in [0.717, 1.165) is 18.6 Å². The van der Waals surface area contributed by atoms with E-state index in [9.17, 15) is 0 Å². The molecule has 0 fully saturated rings. The Morgan fingerprint density at radius 2 is 1.68 bits per heavy atom. The van der Waals surface area contributed by atoms with Gasteiger partial charge in [0.25, 0.3) is 0 Å². The highest BCUT2D eigenvalue weighted by molar-refractivity contribution is 5.28. The standard InChI is InChI=1S/C23H36O2/c1-2-3-4-5-6-7-8-9-10-11-12-13-14-16-22-17-15-18-23(21-22)25-20-19-24/h4-5,7-8,15,17-18,21,24H,2-3,6,9-14,16,19-20H2,1H3. The number of unbranched alkanes of at least 4 members (excludes halogenated alkanes) is 6. The summed E-state index contributed by atoms with van der Waals surface area (Å²) >= 11 is 0. The number of hydrogen-bond donors (Lipinski definition) is 1. The molecule has 2 heteroatoms. The van der Waals surface area contributed by atoms with Crippen molar-refractivity contribution >= 4 is 0 Å². The van der Waals surface area contributed by atoms with Crippen molar-refractivity contribution in [3.63, 3.8) is 0 Å². The number of ether oxygens (including phenoxy) is 1. The van der Waals surface area contributed by atoms with E-state index >= 15 is 0 Å². The van der Waals surface area contributed by atoms with Crippen molar-refractivity contribution < 1.29 is 9.84 Å². The van der Waals surface area contributed by atoms with Gasteiger partial charge in [-0.05, 0) is 56.2 Å². The van der Waals surface area contributed by atoms with Crippen LogP contribution in [0.5, 0.6) is 5.75 Å². The molecule has 0 aliphatic heterocycles. The van der Waals surface area contributed by atoms with Crippen LogP contribution in [0.1, 0.15) is 70.3 Å². The second-order valence-electron chi connectivity index (χ2n) is 6.49. The van der Waals surface area contributed by atoms with Gasteiger partial charge in [0.2, 0.25) is 0 Å². The first kappa shape index (κ1) is 21.5. The van der Waals surface area contributed by atoms with Gasteiger partial charge in [-0.1, -0.05) is 69.0 Å². The first-order valence-corrected chi connectivity index (χ1v) is 9.99. The van der Waals surface area contributed by atoms with Crippen LogP contribution < -0.4 is 4.74 Å². The molecule has 0 unspecified atom stereocenters. The zero-order chi connectivity index (χ0) is 18.0. The molecule has 1 aromatic rings. The fourth-order valence-corrected chi connectivity index (χ4v) is 2.75. The van der Waals surface area contributed by atoms with Crippen molar-refractivity contribution in [1.29, 1.82) is 0 Å². The molecule has 0 aromatic heterocycles. The van der Waals surface area contributed by atoms with Crippen LogP contribution in [0.15, 0.2) is 48.6 Å². The molecule has 0 saturated heterocycles. The maximum absolute atomic E-state index is 8.80. The largest absolute Gasteiger partial charge is 0.491 e. The Kier molecular flexibility index (Phi) is 13.7. The number of hydrogen-bond acceptors (Lipinski definition) is 2. The lowest BCUT2D eigenvalue weighted by molar-refractivity contribution is 0.201. The zero-order valence-corrected chi connectivity index (χ0v) is 16.0. The van der Waals surface area contributed by atoms with Crippen LogP contribution in [0.25, 0.3) is 0 Å². The van der Waals surface area contributed by atoms with Gasteiger partial charge in [0.05, 0.1) is 6.61 Å². The van der Waals surface area contributed by atoms with Gasteiger partial charge >= 0.3 is 0 Å². The van der Waals surface area contributed by atoms with E-state index in [1.54, 1.807) is 0 Å². The number of allylic oxidation sites excluding steroid dienone is 4. The number of rotatable bonds is 15. The first-order chi connectivity index (χ1) is 12.4. The topological polar surface area (TPSA) is 29.5 Å². The van der Waals surface area contributed by atoms with Gasteiger partial charge in [-0.2, -0.15) is 0 Å². The van der Waals surface area contributed by atoms with E-state index < -0.39 is 0 Å². The molecule has 2 nitrogen and oxygen atoms in total. The normalized spacial score (nSPS) is 11.6. The van der Waals surface area contributed by atoms with Crippen molar-refractivity contribution in [1.82, 2.24) is 0 Å². The molecule has 0 amide bonds. The summed E-state index contributed by atoms with van der Waals surface area (Å²) in [5, 5.41) is 8.80. The highest BCUT2D eigenvalue weighted by atomic mass is 16.5. The Bertz CT molecular complexity index is 477. The lowest BCUT2D eigenvalue weighted by Gasteiger charge is -2.07. The van der Waals surface area contributed by atoms with Crippen molar-refractivity contribution in [3.05, 3.63) is 54.1 Å². The van der Waals surface area contributed by atoms with Crippen LogP contribution in [0, 0.1) is 0 Å². The minimum Gasteiger partial charge on any atom is -0.491 e. The fraction of sp³-hybridized carbons (Fsp3) is 0.565. The predicted octanol–water partition coefficient (Wildman–Crippen LogP) is 6.24. The van der Waals surface area contributed by atoms with E-state index in [-0.39, 0.29) is 6.61 Å². The fourth-order valence-electron chi connectivity index (χ4n) is 2.75. The molecule has 1 N–H and O–H groups in total. The van der Waals surface area contributed by atoms with Crippen LogP contribution in [-0.4, -0.2) is 18.3 Å². The Labute approximate surface area is 154 Å². The molecular formula is C23H36O2. The predicted molar refractivity (Wildman–Crippen MR) is 108 cm³/mol. The highest BCUT2D eigenvalue weighted by Crippen LogP contribution is 2.16. The maximum atomic E-state index is 8.80. The molecule has 0 atom stereocenters. The van der Waals surface area contributed by atoms with Gasteiger partial charge in [0.1, 0.15) is 12.4 Å². The summed E-state index contributed by atoms with van der Waals surface area (Å²) < 4.78 is 5.45. The van der Waals surface area contributed by atoms with Crippen LogP contribution in [-0.2, 0) is 6.42 Å². The third kappa shape index (κ3) is 12.5. The average Bonchev–Trinajstić information content (AvgIpc) is 2.64. The lowest BCUT2D eigenvalue weighted by Crippen LogP contribution is -2.01. The Balaban J connectivity index is 1.99. The van der Waals surface area contributed by atoms with Crippen LogP contribution in [0.2, 0.25) is 0 Å². The van der Waals surface area contributed by atoms with Crippen molar-refractivity contribution in [3.8, 4) is 5.75 Å². The highest BCUT2D eigenvalue weighted by Gasteiger charge is 1.98. The molecule has 1 aromatic carbocycles. The van der Waals surface area contributed by atoms with Crippen LogP contribution >= 0.6 is 0 Å². The molecule has 0 saturated carbocycles. The van der Waals surface area contributed by atoms with Gasteiger partial charge in [-0.3, -0.25) is 0 Å². The summed E-state index contributed by atoms with van der Waals surface area (Å²) in [4.78, 5) is 0. The summed E-state index contributed by atoms with van der Waals surface area (Å²) in [6, 6.07) is 8.24. The number of benzene rings is 1. The summed E-state index contributed by atoms with van der Waals surface area (Å²) in [7, 11) is 0. The van der Waals surface area contributed by atoms with Crippen molar-refractivity contribution in [2.75, 3.05) is 13.2 Å². The van der Waals surface area contributed by atoms with Gasteiger partial charge in [0.15, 0.2) is 0 Å². The summed E-state index contributed by atoms with van der Waals surface area (Å²) in [5.41, 5.74) is 1.33. The van der Waals surface area contributed by atoms with E-state index in [2.05, 4.69) is 43.4 Å². The molecule has 0 radical (unpaired) electrons. The molecule has 0 aliphatic rings. The molecule has 0 heterocycles. The minimum atomic E-state index is 0.0645. The van der Waals surface area contributed by atoms with Crippen molar-refractivity contribution in [2.45, 2.75) is 71.1 Å². The van der Waals surface area contributed by atoms with E-state index in [0.29, 0.717) is 6.61 Å². The first-order valence-electron chi connectivity index (χ1n) is 9.99. The SMILES string of the molecule is CCCC=CCC=CCCCCCCCc1cccc(OCCO)c1. The average molecular weight is 345 g/mol. The monoisotopic (exact) mass is 344 g/mol. The quantitative estimate of drug-likeness (QED) is 0.301. The molecule has 0 spiro atoms. The molecule has 0 aliphatic carbocycles. The summed E-state index contributed by atoms with van der Waals surface area (Å²) in [6.07, 6.45) is 21.5. The molecule has 140 valence electrons. The van der Waals surface area contributed by atoms with Crippen LogP contribution in [0.3, 0.4) is 0 Å². The van der Waals surface area contributed by atoms with E-state index in [1.807, 2.05) is 12.1 Å². The van der Waals surface area contributed by atoms with E-state index in [4.69, 9.17) is 9.84 Å². The third-order valence-corrected chi connectivity index (χ3v) is 4.16. The molecule has 1 rings (SSSR count). The molecule has 25 heavy (non-hydrogen) atoms. The second kappa shape index (κ2) is 16.0. The third-order valence-electron chi connectivity index (χ3n) is 4.16. The number of aliphatic hydroxyl groups is 1.